The summed E-state index contributed by atoms with van der Waals surface area (Å²) in [5, 5.41) is 8.62. The van der Waals surface area contributed by atoms with E-state index in [0.717, 1.165) is 12.2 Å². The molecule has 0 aromatic carbocycles. The van der Waals surface area contributed by atoms with Gasteiger partial charge in [-0.05, 0) is 26.0 Å². The molecule has 1 saturated heterocycles. The van der Waals surface area contributed by atoms with E-state index in [2.05, 4.69) is 20.9 Å². The average Bonchev–Trinajstić information content (AvgIpc) is 2.74. The SMILES string of the molecule is CCNc1cc(C(=O)NC2CNC(=O)C2)cc(C)n1. The second kappa shape index (κ2) is 5.69. The van der Waals surface area contributed by atoms with E-state index >= 15 is 0 Å². The maximum Gasteiger partial charge on any atom is 0.251 e. The molecule has 0 aliphatic carbocycles. The minimum absolute atomic E-state index is 0.0236. The molecule has 3 N–H and O–H groups in total. The zero-order valence-electron chi connectivity index (χ0n) is 11.1. The molecule has 0 spiro atoms. The van der Waals surface area contributed by atoms with Gasteiger partial charge in [-0.1, -0.05) is 0 Å². The quantitative estimate of drug-likeness (QED) is 0.735. The Hall–Kier alpha value is -2.11. The molecule has 1 fully saturated rings. The van der Waals surface area contributed by atoms with Crippen molar-refractivity contribution in [3.8, 4) is 0 Å². The fourth-order valence-electron chi connectivity index (χ4n) is 2.05. The van der Waals surface area contributed by atoms with Crippen molar-refractivity contribution in [2.75, 3.05) is 18.4 Å². The lowest BCUT2D eigenvalue weighted by atomic mass is 10.2. The summed E-state index contributed by atoms with van der Waals surface area (Å²) in [4.78, 5) is 27.5. The highest BCUT2D eigenvalue weighted by Gasteiger charge is 2.23. The summed E-state index contributed by atoms with van der Waals surface area (Å²) in [6.07, 6.45) is 0.343. The second-order valence-corrected chi connectivity index (χ2v) is 4.59. The first-order chi connectivity index (χ1) is 9.08. The molecule has 1 aliphatic rings. The number of anilines is 1. The van der Waals surface area contributed by atoms with Crippen molar-refractivity contribution >= 4 is 17.6 Å². The monoisotopic (exact) mass is 262 g/mol. The van der Waals surface area contributed by atoms with E-state index in [0.29, 0.717) is 24.3 Å². The smallest absolute Gasteiger partial charge is 0.251 e. The van der Waals surface area contributed by atoms with Gasteiger partial charge in [0.25, 0.3) is 5.91 Å². The first-order valence-corrected chi connectivity index (χ1v) is 6.38. The van der Waals surface area contributed by atoms with Crippen LogP contribution in [0.25, 0.3) is 0 Å². The second-order valence-electron chi connectivity index (χ2n) is 4.59. The molecule has 1 unspecified atom stereocenters. The molecule has 1 aromatic heterocycles. The van der Waals surface area contributed by atoms with Gasteiger partial charge in [-0.2, -0.15) is 0 Å². The Balaban J connectivity index is 2.07. The number of nitrogens with zero attached hydrogens (tertiary/aromatic N) is 1. The summed E-state index contributed by atoms with van der Waals surface area (Å²) in [5.74, 6) is 0.490. The Morgan fingerprint density at radius 2 is 2.32 bits per heavy atom. The molecule has 0 radical (unpaired) electrons. The van der Waals surface area contributed by atoms with Crippen LogP contribution in [0, 0.1) is 6.92 Å². The summed E-state index contributed by atoms with van der Waals surface area (Å²) in [5.41, 5.74) is 1.34. The first-order valence-electron chi connectivity index (χ1n) is 6.38. The number of amides is 2. The number of hydrogen-bond donors (Lipinski definition) is 3. The summed E-state index contributed by atoms with van der Waals surface area (Å²) < 4.78 is 0. The van der Waals surface area contributed by atoms with Crippen molar-refractivity contribution in [2.45, 2.75) is 26.3 Å². The van der Waals surface area contributed by atoms with Crippen LogP contribution in [0.1, 0.15) is 29.4 Å². The van der Waals surface area contributed by atoms with E-state index in [-0.39, 0.29) is 17.9 Å². The molecule has 0 saturated carbocycles. The highest BCUT2D eigenvalue weighted by molar-refractivity contribution is 5.95. The number of carbonyl (C=O) groups excluding carboxylic acids is 2. The number of rotatable bonds is 4. The van der Waals surface area contributed by atoms with E-state index in [1.165, 1.54) is 0 Å². The Kier molecular flexibility index (Phi) is 3.99. The van der Waals surface area contributed by atoms with Gasteiger partial charge >= 0.3 is 0 Å². The van der Waals surface area contributed by atoms with E-state index in [1.54, 1.807) is 12.1 Å². The number of hydrogen-bond acceptors (Lipinski definition) is 4. The van der Waals surface area contributed by atoms with Gasteiger partial charge in [0.2, 0.25) is 5.91 Å². The number of nitrogens with one attached hydrogen (secondary N) is 3. The summed E-state index contributed by atoms with van der Waals surface area (Å²) in [6.45, 7) is 5.06. The van der Waals surface area contributed by atoms with Gasteiger partial charge in [0.15, 0.2) is 0 Å². The van der Waals surface area contributed by atoms with E-state index in [4.69, 9.17) is 0 Å². The van der Waals surface area contributed by atoms with Crippen LogP contribution in [-0.4, -0.2) is 35.9 Å². The molecule has 2 rings (SSSR count). The Bertz CT molecular complexity index is 501. The maximum atomic E-state index is 12.1. The summed E-state index contributed by atoms with van der Waals surface area (Å²) in [7, 11) is 0. The van der Waals surface area contributed by atoms with Crippen LogP contribution in [0.5, 0.6) is 0 Å². The minimum atomic E-state index is -0.175. The topological polar surface area (TPSA) is 83.1 Å². The van der Waals surface area contributed by atoms with Gasteiger partial charge in [0.1, 0.15) is 5.82 Å². The molecule has 2 amide bonds. The molecule has 2 heterocycles. The Morgan fingerprint density at radius 3 is 2.95 bits per heavy atom. The predicted octanol–water partition coefficient (Wildman–Crippen LogP) is 0.440. The van der Waals surface area contributed by atoms with Crippen molar-refractivity contribution in [2.24, 2.45) is 0 Å². The first kappa shape index (κ1) is 13.3. The van der Waals surface area contributed by atoms with Gasteiger partial charge in [-0.25, -0.2) is 4.98 Å². The molecule has 102 valence electrons. The van der Waals surface area contributed by atoms with E-state index in [1.807, 2.05) is 13.8 Å². The van der Waals surface area contributed by atoms with E-state index in [9.17, 15) is 9.59 Å². The maximum absolute atomic E-state index is 12.1. The van der Waals surface area contributed by atoms with Gasteiger partial charge in [0.05, 0.1) is 6.04 Å². The Morgan fingerprint density at radius 1 is 1.53 bits per heavy atom. The van der Waals surface area contributed by atoms with Crippen molar-refractivity contribution in [3.05, 3.63) is 23.4 Å². The normalized spacial score (nSPS) is 18.0. The highest BCUT2D eigenvalue weighted by atomic mass is 16.2. The number of carbonyl (C=O) groups is 2. The lowest BCUT2D eigenvalue weighted by Crippen LogP contribution is -2.36. The summed E-state index contributed by atoms with van der Waals surface area (Å²) in [6, 6.07) is 3.33. The van der Waals surface area contributed by atoms with Crippen molar-refractivity contribution in [3.63, 3.8) is 0 Å². The zero-order chi connectivity index (χ0) is 13.8. The molecule has 19 heavy (non-hydrogen) atoms. The molecule has 6 heteroatoms. The van der Waals surface area contributed by atoms with Crippen LogP contribution in [-0.2, 0) is 4.79 Å². The number of pyridine rings is 1. The lowest BCUT2D eigenvalue weighted by molar-refractivity contribution is -0.119. The lowest BCUT2D eigenvalue weighted by Gasteiger charge is -2.12. The molecule has 0 bridgehead atoms. The molecule has 6 nitrogen and oxygen atoms in total. The highest BCUT2D eigenvalue weighted by Crippen LogP contribution is 2.11. The number of aryl methyl sites for hydroxylation is 1. The fraction of sp³-hybridized carbons (Fsp3) is 0.462. The van der Waals surface area contributed by atoms with Crippen molar-refractivity contribution < 1.29 is 9.59 Å². The Labute approximate surface area is 112 Å². The average molecular weight is 262 g/mol. The van der Waals surface area contributed by atoms with Crippen LogP contribution in [0.15, 0.2) is 12.1 Å². The molecule has 1 aliphatic heterocycles. The van der Waals surface area contributed by atoms with Crippen LogP contribution in [0.3, 0.4) is 0 Å². The van der Waals surface area contributed by atoms with Gasteiger partial charge in [-0.15, -0.1) is 0 Å². The molecular weight excluding hydrogens is 244 g/mol. The van der Waals surface area contributed by atoms with Crippen LogP contribution in [0.2, 0.25) is 0 Å². The standard InChI is InChI=1S/C13H18N4O2/c1-3-14-11-5-9(4-8(2)16-11)13(19)17-10-6-12(18)15-7-10/h4-5,10H,3,6-7H2,1-2H3,(H,14,16)(H,15,18)(H,17,19). The van der Waals surface area contributed by atoms with Gasteiger partial charge in [-0.3, -0.25) is 9.59 Å². The van der Waals surface area contributed by atoms with Crippen LogP contribution < -0.4 is 16.0 Å². The van der Waals surface area contributed by atoms with Crippen LogP contribution in [0.4, 0.5) is 5.82 Å². The van der Waals surface area contributed by atoms with Crippen molar-refractivity contribution in [1.82, 2.24) is 15.6 Å². The fourth-order valence-corrected chi connectivity index (χ4v) is 2.05. The molecule has 1 aromatic rings. The predicted molar refractivity (Wildman–Crippen MR) is 72.0 cm³/mol. The van der Waals surface area contributed by atoms with Crippen LogP contribution >= 0.6 is 0 Å². The number of aromatic nitrogens is 1. The minimum Gasteiger partial charge on any atom is -0.370 e. The molecular formula is C13H18N4O2. The third-order valence-corrected chi connectivity index (χ3v) is 2.89. The van der Waals surface area contributed by atoms with E-state index < -0.39 is 0 Å². The third kappa shape index (κ3) is 3.43. The summed E-state index contributed by atoms with van der Waals surface area (Å²) >= 11 is 0. The van der Waals surface area contributed by atoms with Crippen molar-refractivity contribution in [1.29, 1.82) is 0 Å². The largest absolute Gasteiger partial charge is 0.370 e. The van der Waals surface area contributed by atoms with Gasteiger partial charge in [0, 0.05) is 30.8 Å². The third-order valence-electron chi connectivity index (χ3n) is 2.89. The van der Waals surface area contributed by atoms with Gasteiger partial charge < -0.3 is 16.0 Å². The molecule has 1 atom stereocenters. The zero-order valence-corrected chi connectivity index (χ0v) is 11.1.